The van der Waals surface area contributed by atoms with Gasteiger partial charge in [-0.05, 0) is 6.08 Å². The molecule has 42 valence electrons. The Labute approximate surface area is 46.9 Å². The van der Waals surface area contributed by atoms with Gasteiger partial charge < -0.3 is 5.73 Å². The molecule has 3 nitrogen and oxygen atoms in total. The predicted octanol–water partition coefficient (Wildman–Crippen LogP) is -0.518. The molecule has 2 N–H and O–H groups in total. The van der Waals surface area contributed by atoms with Crippen LogP contribution in [0.15, 0.2) is 16.8 Å². The second-order valence-electron chi connectivity index (χ2n) is 1.53. The lowest BCUT2D eigenvalue weighted by Crippen LogP contribution is -2.16. The molecule has 0 amide bonds. The van der Waals surface area contributed by atoms with E-state index < -0.39 is 0 Å². The Hall–Kier alpha value is -1.12. The summed E-state index contributed by atoms with van der Waals surface area (Å²) in [6.45, 7) is 0.211. The van der Waals surface area contributed by atoms with Crippen LogP contribution < -0.4 is 5.73 Å². The van der Waals surface area contributed by atoms with Crippen LogP contribution in [0.4, 0.5) is 0 Å². The molecule has 3 heteroatoms. The smallest absolute Gasteiger partial charge is 0.199 e. The van der Waals surface area contributed by atoms with E-state index in [-0.39, 0.29) is 12.3 Å². The van der Waals surface area contributed by atoms with Crippen LogP contribution in [0, 0.1) is 0 Å². The molecule has 1 aliphatic heterocycles. The van der Waals surface area contributed by atoms with Crippen LogP contribution in [0.25, 0.3) is 0 Å². The van der Waals surface area contributed by atoms with Crippen LogP contribution in [0.1, 0.15) is 0 Å². The average molecular weight is 110 g/mol. The number of Topliss-reactive ketones (excluding diaryl/α,β-unsaturated/α-hetero) is 1. The van der Waals surface area contributed by atoms with Crippen LogP contribution in [0.5, 0.6) is 0 Å². The molecule has 0 aromatic rings. The number of ketones is 1. The molecule has 1 rings (SSSR count). The molecule has 0 spiro atoms. The van der Waals surface area contributed by atoms with Crippen molar-refractivity contribution >= 4 is 12.0 Å². The van der Waals surface area contributed by atoms with Crippen LogP contribution in [-0.2, 0) is 4.79 Å². The highest BCUT2D eigenvalue weighted by Gasteiger charge is 2.04. The molecule has 0 atom stereocenters. The molecule has 8 heavy (non-hydrogen) atoms. The number of hydrogen-bond donors (Lipinski definition) is 1. The first-order valence-electron chi connectivity index (χ1n) is 2.29. The minimum atomic E-state index is -0.0903. The lowest BCUT2D eigenvalue weighted by molar-refractivity contribution is -0.114. The fourth-order valence-corrected chi connectivity index (χ4v) is 0.453. The Morgan fingerprint density at radius 2 is 2.50 bits per heavy atom. The Morgan fingerprint density at radius 3 is 2.88 bits per heavy atom. The first kappa shape index (κ1) is 5.03. The molecule has 1 heterocycles. The summed E-state index contributed by atoms with van der Waals surface area (Å²) in [5.74, 6) is -0.0903. The fraction of sp³-hybridized carbons (Fsp3) is 0.200. The topological polar surface area (TPSA) is 55.4 Å². The second-order valence-corrected chi connectivity index (χ2v) is 1.53. The van der Waals surface area contributed by atoms with E-state index in [1.54, 1.807) is 0 Å². The van der Waals surface area contributed by atoms with Crippen LogP contribution in [-0.4, -0.2) is 18.5 Å². The monoisotopic (exact) mass is 110 g/mol. The van der Waals surface area contributed by atoms with Crippen molar-refractivity contribution in [2.45, 2.75) is 0 Å². The third-order valence-electron chi connectivity index (χ3n) is 0.916. The number of carbonyl (C=O) groups is 1. The highest BCUT2D eigenvalue weighted by atomic mass is 16.1. The van der Waals surface area contributed by atoms with E-state index in [1.165, 1.54) is 12.3 Å². The normalized spacial score (nSPS) is 18.5. The second kappa shape index (κ2) is 1.78. The van der Waals surface area contributed by atoms with Crippen molar-refractivity contribution < 1.29 is 4.79 Å². The lowest BCUT2D eigenvalue weighted by Gasteiger charge is -1.98. The van der Waals surface area contributed by atoms with E-state index in [1.807, 2.05) is 0 Å². The summed E-state index contributed by atoms with van der Waals surface area (Å²) >= 11 is 0. The SMILES string of the molecule is NC1=CC=NCC1=O. The van der Waals surface area contributed by atoms with E-state index in [4.69, 9.17) is 5.73 Å². The summed E-state index contributed by atoms with van der Waals surface area (Å²) in [5.41, 5.74) is 5.50. The van der Waals surface area contributed by atoms with Gasteiger partial charge in [0.2, 0.25) is 0 Å². The van der Waals surface area contributed by atoms with Crippen molar-refractivity contribution in [1.29, 1.82) is 0 Å². The van der Waals surface area contributed by atoms with Crippen molar-refractivity contribution in [1.82, 2.24) is 0 Å². The highest BCUT2D eigenvalue weighted by molar-refractivity contribution is 6.02. The van der Waals surface area contributed by atoms with Gasteiger partial charge in [-0.25, -0.2) is 0 Å². The Bertz CT molecular complexity index is 169. The highest BCUT2D eigenvalue weighted by Crippen LogP contribution is 1.90. The number of nitrogens with zero attached hydrogens (tertiary/aromatic N) is 1. The van der Waals surface area contributed by atoms with Crippen molar-refractivity contribution in [3.05, 3.63) is 11.8 Å². The third kappa shape index (κ3) is 0.753. The zero-order chi connectivity index (χ0) is 5.98. The van der Waals surface area contributed by atoms with Gasteiger partial charge in [0.05, 0.1) is 5.70 Å². The number of allylic oxidation sites excluding steroid dienone is 1. The molecule has 0 radical (unpaired) electrons. The maximum atomic E-state index is 10.5. The number of aliphatic imine (C=N–C) groups is 1. The number of rotatable bonds is 0. The van der Waals surface area contributed by atoms with Gasteiger partial charge in [0.1, 0.15) is 6.54 Å². The molecule has 0 fully saturated rings. The molecule has 0 saturated heterocycles. The van der Waals surface area contributed by atoms with Gasteiger partial charge in [0.15, 0.2) is 5.78 Å². The fourth-order valence-electron chi connectivity index (χ4n) is 0.453. The van der Waals surface area contributed by atoms with Crippen LogP contribution in [0.2, 0.25) is 0 Å². The maximum Gasteiger partial charge on any atom is 0.199 e. The minimum absolute atomic E-state index is 0.0903. The Morgan fingerprint density at radius 1 is 1.75 bits per heavy atom. The third-order valence-corrected chi connectivity index (χ3v) is 0.916. The molecular weight excluding hydrogens is 104 g/mol. The molecule has 0 aromatic carbocycles. The summed E-state index contributed by atoms with van der Waals surface area (Å²) in [6, 6.07) is 0. The quantitative estimate of drug-likeness (QED) is 0.456. The molecule has 0 bridgehead atoms. The summed E-state index contributed by atoms with van der Waals surface area (Å²) < 4.78 is 0. The van der Waals surface area contributed by atoms with Gasteiger partial charge in [-0.3, -0.25) is 9.79 Å². The molecule has 0 saturated carbocycles. The van der Waals surface area contributed by atoms with Crippen molar-refractivity contribution in [2.75, 3.05) is 6.54 Å². The minimum Gasteiger partial charge on any atom is -0.396 e. The zero-order valence-corrected chi connectivity index (χ0v) is 4.29. The van der Waals surface area contributed by atoms with Crippen LogP contribution >= 0.6 is 0 Å². The molecule has 1 aliphatic rings. The first-order valence-corrected chi connectivity index (χ1v) is 2.29. The summed E-state index contributed by atoms with van der Waals surface area (Å²) in [6.07, 6.45) is 3.04. The summed E-state index contributed by atoms with van der Waals surface area (Å²) in [4.78, 5) is 14.2. The van der Waals surface area contributed by atoms with Gasteiger partial charge in [0, 0.05) is 6.21 Å². The van der Waals surface area contributed by atoms with E-state index in [0.717, 1.165) is 0 Å². The van der Waals surface area contributed by atoms with Gasteiger partial charge in [-0.15, -0.1) is 0 Å². The predicted molar refractivity (Wildman–Crippen MR) is 30.6 cm³/mol. The van der Waals surface area contributed by atoms with E-state index in [0.29, 0.717) is 5.70 Å². The van der Waals surface area contributed by atoms with Gasteiger partial charge in [-0.2, -0.15) is 0 Å². The van der Waals surface area contributed by atoms with Crippen molar-refractivity contribution in [3.8, 4) is 0 Å². The largest absolute Gasteiger partial charge is 0.396 e. The van der Waals surface area contributed by atoms with Crippen molar-refractivity contribution in [3.63, 3.8) is 0 Å². The maximum absolute atomic E-state index is 10.5. The average Bonchev–Trinajstić information content (AvgIpc) is 1.77. The van der Waals surface area contributed by atoms with E-state index in [2.05, 4.69) is 4.99 Å². The zero-order valence-electron chi connectivity index (χ0n) is 4.29. The lowest BCUT2D eigenvalue weighted by atomic mass is 10.2. The standard InChI is InChI=1S/C5H6N2O/c6-4-1-2-7-3-5(4)8/h1-2H,3,6H2. The number of hydrogen-bond acceptors (Lipinski definition) is 3. The first-order chi connectivity index (χ1) is 3.80. The number of nitrogens with two attached hydrogens (primary N) is 1. The van der Waals surface area contributed by atoms with Gasteiger partial charge >= 0.3 is 0 Å². The molecule has 0 aromatic heterocycles. The van der Waals surface area contributed by atoms with E-state index in [9.17, 15) is 4.79 Å². The Kier molecular flexibility index (Phi) is 1.12. The van der Waals surface area contributed by atoms with Crippen LogP contribution in [0.3, 0.4) is 0 Å². The molecular formula is C5H6N2O. The van der Waals surface area contributed by atoms with Gasteiger partial charge in [0.25, 0.3) is 0 Å². The number of dihydropyridines is 1. The van der Waals surface area contributed by atoms with E-state index >= 15 is 0 Å². The van der Waals surface area contributed by atoms with Gasteiger partial charge in [-0.1, -0.05) is 0 Å². The summed E-state index contributed by atoms with van der Waals surface area (Å²) in [5, 5.41) is 0. The number of carbonyl (C=O) groups excluding carboxylic acids is 1. The van der Waals surface area contributed by atoms with Crippen molar-refractivity contribution in [2.24, 2.45) is 10.7 Å². The molecule has 0 aliphatic carbocycles. The Balaban J connectivity index is 2.80. The molecule has 0 unspecified atom stereocenters. The summed E-state index contributed by atoms with van der Waals surface area (Å²) in [7, 11) is 0.